The van der Waals surface area contributed by atoms with Crippen LogP contribution in [0.15, 0.2) is 65.7 Å². The number of sulfonamides is 1. The first-order valence-corrected chi connectivity index (χ1v) is 11.5. The number of benzene rings is 2. The molecule has 8 heteroatoms. The van der Waals surface area contributed by atoms with Crippen molar-refractivity contribution in [2.75, 3.05) is 4.90 Å². The smallest absolute Gasteiger partial charge is 0.240 e. The molecule has 31 heavy (non-hydrogen) atoms. The van der Waals surface area contributed by atoms with Crippen LogP contribution in [-0.4, -0.2) is 24.9 Å². The fourth-order valence-electron chi connectivity index (χ4n) is 4.08. The Kier molecular flexibility index (Phi) is 5.68. The Hall–Kier alpha value is -2.97. The highest BCUT2D eigenvalue weighted by Crippen LogP contribution is 2.33. The third-order valence-electron chi connectivity index (χ3n) is 5.58. The third kappa shape index (κ3) is 4.26. The van der Waals surface area contributed by atoms with Crippen molar-refractivity contribution < 1.29 is 17.6 Å². The Balaban J connectivity index is 1.50. The number of anilines is 1. The molecule has 4 rings (SSSR count). The summed E-state index contributed by atoms with van der Waals surface area (Å²) in [6.07, 6.45) is 2.41. The van der Waals surface area contributed by atoms with Crippen molar-refractivity contribution in [2.24, 2.45) is 0 Å². The van der Waals surface area contributed by atoms with Crippen molar-refractivity contribution in [1.82, 2.24) is 9.29 Å². The molecular formula is C23H24FN3O3S. The molecule has 1 aliphatic rings. The Morgan fingerprint density at radius 1 is 1.16 bits per heavy atom. The van der Waals surface area contributed by atoms with Crippen LogP contribution in [0.5, 0.6) is 0 Å². The van der Waals surface area contributed by atoms with E-state index in [0.717, 1.165) is 16.9 Å². The predicted octanol–water partition coefficient (Wildman–Crippen LogP) is 3.45. The molecule has 2 heterocycles. The molecule has 0 aliphatic carbocycles. The minimum Gasteiger partial charge on any atom is -0.346 e. The van der Waals surface area contributed by atoms with E-state index in [0.29, 0.717) is 18.5 Å². The van der Waals surface area contributed by atoms with Gasteiger partial charge in [0.15, 0.2) is 0 Å². The second-order valence-electron chi connectivity index (χ2n) is 7.78. The van der Waals surface area contributed by atoms with E-state index in [4.69, 9.17) is 0 Å². The molecule has 0 fully saturated rings. The highest BCUT2D eigenvalue weighted by Gasteiger charge is 2.30. The van der Waals surface area contributed by atoms with Gasteiger partial charge in [-0.25, -0.2) is 17.5 Å². The third-order valence-corrected chi connectivity index (χ3v) is 6.98. The lowest BCUT2D eigenvalue weighted by Crippen LogP contribution is -2.33. The van der Waals surface area contributed by atoms with E-state index in [1.54, 1.807) is 53.6 Å². The maximum Gasteiger partial charge on any atom is 0.240 e. The quantitative estimate of drug-likeness (QED) is 0.637. The number of carbonyl (C=O) groups excluding carboxylic acids is 1. The monoisotopic (exact) mass is 441 g/mol. The summed E-state index contributed by atoms with van der Waals surface area (Å²) in [4.78, 5) is 13.7. The molecule has 162 valence electrons. The van der Waals surface area contributed by atoms with Gasteiger partial charge in [0.1, 0.15) is 5.82 Å². The molecule has 1 atom stereocenters. The van der Waals surface area contributed by atoms with Gasteiger partial charge in [-0.3, -0.25) is 4.79 Å². The van der Waals surface area contributed by atoms with Crippen molar-refractivity contribution in [1.29, 1.82) is 0 Å². The molecule has 1 aromatic heterocycles. The first-order valence-electron chi connectivity index (χ1n) is 10.1. The summed E-state index contributed by atoms with van der Waals surface area (Å²) in [5, 5.41) is 0. The first-order chi connectivity index (χ1) is 14.8. The van der Waals surface area contributed by atoms with E-state index in [1.807, 2.05) is 11.5 Å². The minimum absolute atomic E-state index is 0.0000669. The van der Waals surface area contributed by atoms with Gasteiger partial charge in [0, 0.05) is 36.1 Å². The molecule has 1 amide bonds. The van der Waals surface area contributed by atoms with Crippen molar-refractivity contribution in [2.45, 2.75) is 44.3 Å². The molecule has 2 aromatic carbocycles. The van der Waals surface area contributed by atoms with Crippen LogP contribution < -0.4 is 9.62 Å². The minimum atomic E-state index is -3.75. The maximum atomic E-state index is 14.0. The normalized spacial score (nSPS) is 15.8. The molecule has 1 unspecified atom stereocenters. The second kappa shape index (κ2) is 8.28. The summed E-state index contributed by atoms with van der Waals surface area (Å²) in [6, 6.07) is 15.0. The summed E-state index contributed by atoms with van der Waals surface area (Å²) in [5.74, 6) is -0.356. The van der Waals surface area contributed by atoms with Crippen LogP contribution in [0.1, 0.15) is 30.7 Å². The number of carbonyl (C=O) groups is 1. The zero-order valence-corrected chi connectivity index (χ0v) is 18.2. The van der Waals surface area contributed by atoms with Crippen molar-refractivity contribution in [3.8, 4) is 0 Å². The highest BCUT2D eigenvalue weighted by molar-refractivity contribution is 7.89. The van der Waals surface area contributed by atoms with Crippen molar-refractivity contribution in [3.63, 3.8) is 0 Å². The Morgan fingerprint density at radius 2 is 1.94 bits per heavy atom. The lowest BCUT2D eigenvalue weighted by molar-refractivity contribution is -0.116. The first kappa shape index (κ1) is 21.3. The molecule has 1 N–H and O–H groups in total. The molecule has 6 nitrogen and oxygen atoms in total. The number of fused-ring (bicyclic) bond motifs is 1. The molecule has 3 aromatic rings. The number of hydrogen-bond donors (Lipinski definition) is 1. The standard InChI is InChI=1S/C23H24FN3O3S/c1-16-12-19-13-21(9-10-23(19)27(16)17(2)28)31(29,30)25-14-20-7-5-11-26(20)15-18-6-3-4-8-22(18)24/h3-11,13,16,25H,12,14-15H2,1-2H3. The summed E-state index contributed by atoms with van der Waals surface area (Å²) in [7, 11) is -3.75. The number of aromatic nitrogens is 1. The highest BCUT2D eigenvalue weighted by atomic mass is 32.2. The number of rotatable bonds is 6. The molecular weight excluding hydrogens is 417 g/mol. The van der Waals surface area contributed by atoms with Gasteiger partial charge in [0.05, 0.1) is 18.0 Å². The fourth-order valence-corrected chi connectivity index (χ4v) is 5.13. The zero-order valence-electron chi connectivity index (χ0n) is 17.4. The summed E-state index contributed by atoms with van der Waals surface area (Å²) >= 11 is 0. The van der Waals surface area contributed by atoms with Gasteiger partial charge in [-0.05, 0) is 55.3 Å². The Bertz CT molecular complexity index is 1240. The second-order valence-corrected chi connectivity index (χ2v) is 9.54. The molecule has 0 spiro atoms. The van der Waals surface area contributed by atoms with Crippen LogP contribution >= 0.6 is 0 Å². The average Bonchev–Trinajstić information content (AvgIpc) is 3.30. The maximum absolute atomic E-state index is 14.0. The average molecular weight is 442 g/mol. The van der Waals surface area contributed by atoms with Gasteiger partial charge >= 0.3 is 0 Å². The SMILES string of the molecule is CC(=O)N1c2ccc(S(=O)(=O)NCc3cccn3Cc3ccccc3F)cc2CC1C. The van der Waals surface area contributed by atoms with Crippen molar-refractivity contribution >= 4 is 21.6 Å². The number of nitrogens with one attached hydrogen (secondary N) is 1. The van der Waals surface area contributed by atoms with Crippen molar-refractivity contribution in [3.05, 3.63) is 83.4 Å². The van der Waals surface area contributed by atoms with Crippen LogP contribution in [0.2, 0.25) is 0 Å². The van der Waals surface area contributed by atoms with E-state index in [9.17, 15) is 17.6 Å². The van der Waals surface area contributed by atoms with E-state index in [1.165, 1.54) is 19.1 Å². The van der Waals surface area contributed by atoms with Gasteiger partial charge in [-0.15, -0.1) is 0 Å². The number of amides is 1. The van der Waals surface area contributed by atoms with E-state index in [2.05, 4.69) is 4.72 Å². The topological polar surface area (TPSA) is 71.4 Å². The van der Waals surface area contributed by atoms with Crippen LogP contribution in [0.3, 0.4) is 0 Å². The number of halogens is 1. The Morgan fingerprint density at radius 3 is 2.68 bits per heavy atom. The molecule has 0 saturated carbocycles. The van der Waals surface area contributed by atoms with Gasteiger partial charge in [-0.2, -0.15) is 0 Å². The molecule has 0 saturated heterocycles. The van der Waals surface area contributed by atoms with Crippen LogP contribution in [-0.2, 0) is 34.3 Å². The molecule has 0 bridgehead atoms. The number of nitrogens with zero attached hydrogens (tertiary/aromatic N) is 2. The van der Waals surface area contributed by atoms with Gasteiger partial charge in [0.25, 0.3) is 0 Å². The van der Waals surface area contributed by atoms with E-state index >= 15 is 0 Å². The summed E-state index contributed by atoms with van der Waals surface area (Å²) in [5.41, 5.74) is 2.86. The van der Waals surface area contributed by atoms with Crippen LogP contribution in [0.4, 0.5) is 10.1 Å². The fraction of sp³-hybridized carbons (Fsp3) is 0.261. The largest absolute Gasteiger partial charge is 0.346 e. The van der Waals surface area contributed by atoms with Gasteiger partial charge in [-0.1, -0.05) is 18.2 Å². The molecule has 0 radical (unpaired) electrons. The van der Waals surface area contributed by atoms with E-state index < -0.39 is 10.0 Å². The Labute approximate surface area is 181 Å². The van der Waals surface area contributed by atoms with Gasteiger partial charge in [0.2, 0.25) is 15.9 Å². The van der Waals surface area contributed by atoms with Gasteiger partial charge < -0.3 is 9.47 Å². The lowest BCUT2D eigenvalue weighted by Gasteiger charge is -2.20. The zero-order chi connectivity index (χ0) is 22.2. The number of hydrogen-bond acceptors (Lipinski definition) is 3. The lowest BCUT2D eigenvalue weighted by atomic mass is 10.1. The van der Waals surface area contributed by atoms with Crippen LogP contribution in [0.25, 0.3) is 0 Å². The predicted molar refractivity (Wildman–Crippen MR) is 117 cm³/mol. The van der Waals surface area contributed by atoms with E-state index in [-0.39, 0.29) is 29.2 Å². The summed E-state index contributed by atoms with van der Waals surface area (Å²) in [6.45, 7) is 3.84. The molecule has 1 aliphatic heterocycles. The van der Waals surface area contributed by atoms with Crippen LogP contribution in [0, 0.1) is 5.82 Å². The summed E-state index contributed by atoms with van der Waals surface area (Å²) < 4.78 is 44.2.